The van der Waals surface area contributed by atoms with Gasteiger partial charge in [0.05, 0.1) is 11.7 Å². The van der Waals surface area contributed by atoms with E-state index >= 15 is 0 Å². The zero-order valence-electron chi connectivity index (χ0n) is 20.4. The van der Waals surface area contributed by atoms with Gasteiger partial charge in [-0.25, -0.2) is 0 Å². The van der Waals surface area contributed by atoms with Gasteiger partial charge in [-0.3, -0.25) is 9.59 Å². The highest BCUT2D eigenvalue weighted by atomic mass is 16.5. The largest absolute Gasteiger partial charge is 0.462 e. The topological polar surface area (TPSA) is 83.8 Å². The fourth-order valence-electron chi connectivity index (χ4n) is 10.4. The quantitative estimate of drug-likeness (QED) is 0.614. The smallest absolute Gasteiger partial charge is 0.302 e. The van der Waals surface area contributed by atoms with E-state index in [4.69, 9.17) is 4.74 Å². The molecule has 0 aromatic rings. The zero-order valence-corrected chi connectivity index (χ0v) is 20.4. The van der Waals surface area contributed by atoms with E-state index < -0.39 is 11.7 Å². The number of ketones is 1. The minimum atomic E-state index is -1.22. The van der Waals surface area contributed by atoms with Crippen LogP contribution in [0.1, 0.15) is 98.3 Å². The SMILES string of the molecule is CC(=O)O[C@H]1CC[C@]2(C)[C@H]3CC[C@@]4(C)[C@@H](C[C@@H]5CCCC[C@]54C(C)=O)[C@@H]3C[C@H](O)[C@@]2(O)C1. The number of aliphatic hydroxyl groups is 2. The lowest BCUT2D eigenvalue weighted by molar-refractivity contribution is -0.267. The summed E-state index contributed by atoms with van der Waals surface area (Å²) >= 11 is 0. The Labute approximate surface area is 192 Å². The molecule has 180 valence electrons. The molecule has 0 bridgehead atoms. The number of Topliss-reactive ketones (excluding diaryl/α,β-unsaturated/α-hetero) is 1. The maximum absolute atomic E-state index is 13.2. The summed E-state index contributed by atoms with van der Waals surface area (Å²) in [6.07, 6.45) is 9.06. The Morgan fingerprint density at radius 2 is 1.62 bits per heavy atom. The molecule has 0 spiro atoms. The molecule has 5 heteroatoms. The second-order valence-electron chi connectivity index (χ2n) is 12.6. The average Bonchev–Trinajstić information content (AvgIpc) is 3.00. The lowest BCUT2D eigenvalue weighted by Gasteiger charge is -2.66. The van der Waals surface area contributed by atoms with Gasteiger partial charge in [0.15, 0.2) is 0 Å². The lowest BCUT2D eigenvalue weighted by atomic mass is 9.41. The molecule has 5 rings (SSSR count). The number of esters is 1. The van der Waals surface area contributed by atoms with Crippen molar-refractivity contribution in [3.05, 3.63) is 0 Å². The van der Waals surface area contributed by atoms with Crippen molar-refractivity contribution in [2.45, 2.75) is 116 Å². The molecule has 5 saturated carbocycles. The van der Waals surface area contributed by atoms with Crippen molar-refractivity contribution in [3.63, 3.8) is 0 Å². The Morgan fingerprint density at radius 3 is 2.31 bits per heavy atom. The third-order valence-electron chi connectivity index (χ3n) is 11.8. The number of carbonyl (C=O) groups excluding carboxylic acids is 2. The van der Waals surface area contributed by atoms with Gasteiger partial charge in [0, 0.05) is 24.2 Å². The number of carbonyl (C=O) groups is 2. The van der Waals surface area contributed by atoms with Crippen LogP contribution in [-0.2, 0) is 14.3 Å². The van der Waals surface area contributed by atoms with E-state index in [-0.39, 0.29) is 28.3 Å². The second kappa shape index (κ2) is 7.28. The van der Waals surface area contributed by atoms with Gasteiger partial charge in [0.25, 0.3) is 0 Å². The molecule has 0 aromatic carbocycles. The first kappa shape index (κ1) is 22.8. The number of aliphatic hydroxyl groups excluding tert-OH is 1. The first-order valence-corrected chi connectivity index (χ1v) is 13.1. The van der Waals surface area contributed by atoms with E-state index in [1.807, 2.05) is 6.92 Å². The summed E-state index contributed by atoms with van der Waals surface area (Å²) in [5.74, 6) is 1.69. The number of hydrogen-bond acceptors (Lipinski definition) is 5. The molecule has 0 saturated heterocycles. The Kier molecular flexibility index (Phi) is 5.19. The normalized spacial score (nSPS) is 54.6. The van der Waals surface area contributed by atoms with Crippen molar-refractivity contribution in [1.82, 2.24) is 0 Å². The maximum atomic E-state index is 13.2. The van der Waals surface area contributed by atoms with Crippen LogP contribution in [0.15, 0.2) is 0 Å². The Hall–Kier alpha value is -0.940. The molecule has 5 aliphatic rings. The van der Waals surface area contributed by atoms with Gasteiger partial charge in [-0.05, 0) is 87.4 Å². The molecule has 10 atom stereocenters. The molecule has 0 radical (unpaired) electrons. The van der Waals surface area contributed by atoms with Gasteiger partial charge in [-0.1, -0.05) is 26.7 Å². The Morgan fingerprint density at radius 1 is 0.906 bits per heavy atom. The summed E-state index contributed by atoms with van der Waals surface area (Å²) in [7, 11) is 0. The van der Waals surface area contributed by atoms with E-state index in [9.17, 15) is 19.8 Å². The highest BCUT2D eigenvalue weighted by Crippen LogP contribution is 2.74. The Bertz CT molecular complexity index is 810. The maximum Gasteiger partial charge on any atom is 0.302 e. The van der Waals surface area contributed by atoms with Crippen molar-refractivity contribution in [1.29, 1.82) is 0 Å². The summed E-state index contributed by atoms with van der Waals surface area (Å²) < 4.78 is 5.48. The molecule has 0 heterocycles. The van der Waals surface area contributed by atoms with Crippen molar-refractivity contribution in [3.8, 4) is 0 Å². The molecule has 5 nitrogen and oxygen atoms in total. The van der Waals surface area contributed by atoms with Crippen LogP contribution in [0, 0.1) is 39.9 Å². The molecule has 5 aliphatic carbocycles. The molecule has 0 unspecified atom stereocenters. The first-order chi connectivity index (χ1) is 15.0. The third-order valence-corrected chi connectivity index (χ3v) is 11.8. The summed E-state index contributed by atoms with van der Waals surface area (Å²) in [4.78, 5) is 24.8. The van der Waals surface area contributed by atoms with Gasteiger partial charge >= 0.3 is 5.97 Å². The fourth-order valence-corrected chi connectivity index (χ4v) is 10.4. The summed E-state index contributed by atoms with van der Waals surface area (Å²) in [5, 5.41) is 23.3. The van der Waals surface area contributed by atoms with Crippen molar-refractivity contribution >= 4 is 11.8 Å². The molecule has 0 aromatic heterocycles. The highest BCUT2D eigenvalue weighted by Gasteiger charge is 2.72. The van der Waals surface area contributed by atoms with Crippen molar-refractivity contribution in [2.75, 3.05) is 0 Å². The van der Waals surface area contributed by atoms with Gasteiger partial charge < -0.3 is 14.9 Å². The van der Waals surface area contributed by atoms with E-state index in [1.165, 1.54) is 13.3 Å². The molecule has 5 fully saturated rings. The minimum absolute atomic E-state index is 0.00552. The first-order valence-electron chi connectivity index (χ1n) is 13.1. The van der Waals surface area contributed by atoms with Crippen LogP contribution in [0.3, 0.4) is 0 Å². The molecular formula is C27H42O5. The standard InChI is InChI=1S/C27H42O5/c1-16(28)26-10-6-5-7-18(26)13-22-20-14-23(30)27(31)15-19(32-17(2)29)8-11-25(27,4)21(20)9-12-24(22,26)3/h18-23,30-31H,5-15H2,1-4H3/t18-,19-,20+,21-,22-,23-,24-,25+,26-,27-/m0/s1. The number of hydrogen-bond donors (Lipinski definition) is 2. The highest BCUT2D eigenvalue weighted by molar-refractivity contribution is 5.84. The van der Waals surface area contributed by atoms with Crippen LogP contribution in [0.5, 0.6) is 0 Å². The van der Waals surface area contributed by atoms with E-state index in [1.54, 1.807) is 0 Å². The zero-order chi connectivity index (χ0) is 23.1. The number of ether oxygens (including phenoxy) is 1. The minimum Gasteiger partial charge on any atom is -0.462 e. The van der Waals surface area contributed by atoms with Crippen molar-refractivity contribution in [2.24, 2.45) is 39.9 Å². The summed E-state index contributed by atoms with van der Waals surface area (Å²) in [6.45, 7) is 7.83. The van der Waals surface area contributed by atoms with Crippen LogP contribution in [0.25, 0.3) is 0 Å². The van der Waals surface area contributed by atoms with Gasteiger partial charge in [0.2, 0.25) is 0 Å². The number of fused-ring (bicyclic) bond motifs is 7. The van der Waals surface area contributed by atoms with Gasteiger partial charge in [-0.2, -0.15) is 0 Å². The molecular weight excluding hydrogens is 404 g/mol. The molecule has 0 aliphatic heterocycles. The predicted octanol–water partition coefficient (Wildman–Crippen LogP) is 4.42. The van der Waals surface area contributed by atoms with Gasteiger partial charge in [0.1, 0.15) is 11.9 Å². The Balaban J connectivity index is 1.49. The summed E-state index contributed by atoms with van der Waals surface area (Å²) in [5.41, 5.74) is -1.78. The average molecular weight is 447 g/mol. The lowest BCUT2D eigenvalue weighted by Crippen LogP contribution is -2.69. The van der Waals surface area contributed by atoms with E-state index in [0.29, 0.717) is 42.3 Å². The van der Waals surface area contributed by atoms with E-state index in [0.717, 1.165) is 51.4 Å². The molecule has 2 N–H and O–H groups in total. The van der Waals surface area contributed by atoms with Crippen LogP contribution in [0.2, 0.25) is 0 Å². The van der Waals surface area contributed by atoms with Crippen LogP contribution in [0.4, 0.5) is 0 Å². The summed E-state index contributed by atoms with van der Waals surface area (Å²) in [6, 6.07) is 0. The fraction of sp³-hybridized carbons (Fsp3) is 0.926. The van der Waals surface area contributed by atoms with Crippen LogP contribution >= 0.6 is 0 Å². The van der Waals surface area contributed by atoms with Crippen LogP contribution in [-0.4, -0.2) is 39.8 Å². The van der Waals surface area contributed by atoms with Crippen LogP contribution < -0.4 is 0 Å². The van der Waals surface area contributed by atoms with E-state index in [2.05, 4.69) is 13.8 Å². The number of rotatable bonds is 2. The monoisotopic (exact) mass is 446 g/mol. The van der Waals surface area contributed by atoms with Gasteiger partial charge in [-0.15, -0.1) is 0 Å². The third kappa shape index (κ3) is 2.70. The second-order valence-corrected chi connectivity index (χ2v) is 12.6. The van der Waals surface area contributed by atoms with Crippen molar-refractivity contribution < 1.29 is 24.5 Å². The predicted molar refractivity (Wildman–Crippen MR) is 121 cm³/mol. The molecule has 32 heavy (non-hydrogen) atoms. The molecule has 0 amide bonds.